The first-order chi connectivity index (χ1) is 12.8. The first-order valence-corrected chi connectivity index (χ1v) is 8.74. The van der Waals surface area contributed by atoms with Crippen LogP contribution in [0.25, 0.3) is 6.08 Å². The molecule has 0 aliphatic heterocycles. The molecule has 0 aliphatic rings. The number of carbonyl (C=O) groups excluding carboxylic acids is 2. The van der Waals surface area contributed by atoms with Gasteiger partial charge in [-0.05, 0) is 72.9 Å². The van der Waals surface area contributed by atoms with Gasteiger partial charge in [-0.1, -0.05) is 18.2 Å². The van der Waals surface area contributed by atoms with Crippen molar-refractivity contribution in [2.45, 2.75) is 39.7 Å². The summed E-state index contributed by atoms with van der Waals surface area (Å²) in [4.78, 5) is 23.2. The Morgan fingerprint density at radius 3 is 2.26 bits per heavy atom. The van der Waals surface area contributed by atoms with Crippen LogP contribution in [-0.4, -0.2) is 22.0 Å². The van der Waals surface area contributed by atoms with Gasteiger partial charge in [-0.2, -0.15) is 0 Å². The molecule has 0 amide bonds. The molecule has 2 N–H and O–H groups in total. The van der Waals surface area contributed by atoms with Gasteiger partial charge in [-0.15, -0.1) is 0 Å². The van der Waals surface area contributed by atoms with E-state index in [1.807, 2.05) is 26.0 Å². The smallest absolute Gasteiger partial charge is 0.308 e. The van der Waals surface area contributed by atoms with Gasteiger partial charge in [0.15, 0.2) is 5.78 Å². The van der Waals surface area contributed by atoms with Gasteiger partial charge in [-0.3, -0.25) is 9.59 Å². The van der Waals surface area contributed by atoms with Gasteiger partial charge in [0.05, 0.1) is 6.10 Å². The van der Waals surface area contributed by atoms with Gasteiger partial charge in [0.1, 0.15) is 11.5 Å². The molecule has 0 fully saturated rings. The Bertz CT molecular complexity index is 827. The quantitative estimate of drug-likeness (QED) is 0.438. The maximum atomic E-state index is 12.1. The lowest BCUT2D eigenvalue weighted by Gasteiger charge is -2.10. The van der Waals surface area contributed by atoms with Crippen LogP contribution in [0.5, 0.6) is 11.5 Å². The van der Waals surface area contributed by atoms with Crippen LogP contribution in [-0.2, 0) is 9.59 Å². The molecule has 2 aromatic rings. The second-order valence-electron chi connectivity index (χ2n) is 6.52. The fourth-order valence-electron chi connectivity index (χ4n) is 2.80. The number of ether oxygens (including phenoxy) is 1. The monoisotopic (exact) mass is 368 g/mol. The Morgan fingerprint density at radius 1 is 1.11 bits per heavy atom. The summed E-state index contributed by atoms with van der Waals surface area (Å²) in [5, 5.41) is 19.4. The summed E-state index contributed by atoms with van der Waals surface area (Å²) in [6.45, 7) is 5.05. The van der Waals surface area contributed by atoms with Crippen molar-refractivity contribution in [3.05, 3.63) is 64.7 Å². The highest BCUT2D eigenvalue weighted by atomic mass is 16.5. The molecule has 0 heterocycles. The van der Waals surface area contributed by atoms with E-state index in [1.54, 1.807) is 18.2 Å². The molecule has 142 valence electrons. The number of phenols is 1. The molecule has 5 heteroatoms. The van der Waals surface area contributed by atoms with Crippen molar-refractivity contribution in [2.75, 3.05) is 0 Å². The zero-order chi connectivity index (χ0) is 20.0. The molecule has 1 atom stereocenters. The van der Waals surface area contributed by atoms with Crippen molar-refractivity contribution >= 4 is 17.8 Å². The molecule has 0 saturated carbocycles. The van der Waals surface area contributed by atoms with Crippen LogP contribution in [0.1, 0.15) is 48.1 Å². The molecule has 0 spiro atoms. The van der Waals surface area contributed by atoms with Crippen LogP contribution < -0.4 is 4.74 Å². The SMILES string of the molecule is CC(=O)Oc1c(C)cc(/C=C/C(=O)CCC(O)c2ccc(O)cc2)cc1C. The fourth-order valence-corrected chi connectivity index (χ4v) is 2.80. The van der Waals surface area contributed by atoms with Crippen LogP contribution >= 0.6 is 0 Å². The Labute approximate surface area is 158 Å². The van der Waals surface area contributed by atoms with E-state index in [4.69, 9.17) is 4.74 Å². The van der Waals surface area contributed by atoms with Crippen molar-refractivity contribution < 1.29 is 24.5 Å². The first kappa shape index (κ1) is 20.4. The molecule has 2 rings (SSSR count). The maximum Gasteiger partial charge on any atom is 0.308 e. The minimum absolute atomic E-state index is 0.0906. The number of aliphatic hydroxyl groups is 1. The number of benzene rings is 2. The first-order valence-electron chi connectivity index (χ1n) is 8.74. The van der Waals surface area contributed by atoms with Gasteiger partial charge in [0.25, 0.3) is 0 Å². The van der Waals surface area contributed by atoms with Gasteiger partial charge in [0, 0.05) is 13.3 Å². The topological polar surface area (TPSA) is 83.8 Å². The number of aryl methyl sites for hydroxylation is 2. The molecule has 5 nitrogen and oxygen atoms in total. The number of ketones is 1. The van der Waals surface area contributed by atoms with Crippen molar-refractivity contribution in [2.24, 2.45) is 0 Å². The van der Waals surface area contributed by atoms with E-state index >= 15 is 0 Å². The standard InChI is InChI=1S/C22H24O5/c1-14-12-17(13-15(2)22(14)27-16(3)23)4-7-19(24)10-11-21(26)18-5-8-20(25)9-6-18/h4-9,12-13,21,25-26H,10-11H2,1-3H3/b7-4+. The molecule has 0 saturated heterocycles. The number of rotatable bonds is 7. The molecule has 0 aliphatic carbocycles. The largest absolute Gasteiger partial charge is 0.508 e. The lowest BCUT2D eigenvalue weighted by Crippen LogP contribution is -2.04. The van der Waals surface area contributed by atoms with Crippen molar-refractivity contribution in [3.8, 4) is 11.5 Å². The Hall–Kier alpha value is -2.92. The summed E-state index contributed by atoms with van der Waals surface area (Å²) >= 11 is 0. The maximum absolute atomic E-state index is 12.1. The lowest BCUT2D eigenvalue weighted by molar-refractivity contribution is -0.132. The summed E-state index contributed by atoms with van der Waals surface area (Å²) in [5.74, 6) is 0.220. The average molecular weight is 368 g/mol. The molecule has 27 heavy (non-hydrogen) atoms. The predicted octanol–water partition coefficient (Wildman–Crippen LogP) is 4.03. The van der Waals surface area contributed by atoms with Gasteiger partial charge >= 0.3 is 5.97 Å². The predicted molar refractivity (Wildman–Crippen MR) is 104 cm³/mol. The zero-order valence-corrected chi connectivity index (χ0v) is 15.7. The summed E-state index contributed by atoms with van der Waals surface area (Å²) < 4.78 is 5.20. The van der Waals surface area contributed by atoms with Crippen LogP contribution in [0.3, 0.4) is 0 Å². The van der Waals surface area contributed by atoms with E-state index in [2.05, 4.69) is 0 Å². The van der Waals surface area contributed by atoms with E-state index in [9.17, 15) is 19.8 Å². The second-order valence-corrected chi connectivity index (χ2v) is 6.52. The van der Waals surface area contributed by atoms with Crippen molar-refractivity contribution in [3.63, 3.8) is 0 Å². The molecule has 2 aromatic carbocycles. The van der Waals surface area contributed by atoms with Gasteiger partial charge in [0.2, 0.25) is 0 Å². The highest BCUT2D eigenvalue weighted by Crippen LogP contribution is 2.26. The number of carbonyl (C=O) groups is 2. The van der Waals surface area contributed by atoms with Crippen molar-refractivity contribution in [1.29, 1.82) is 0 Å². The number of aromatic hydroxyl groups is 1. The Balaban J connectivity index is 1.96. The highest BCUT2D eigenvalue weighted by molar-refractivity contribution is 5.93. The van der Waals surface area contributed by atoms with E-state index in [1.165, 1.54) is 25.1 Å². The third-order valence-corrected chi connectivity index (χ3v) is 4.13. The normalized spacial score (nSPS) is 12.1. The fraction of sp³-hybridized carbons (Fsp3) is 0.273. The lowest BCUT2D eigenvalue weighted by atomic mass is 10.0. The third kappa shape index (κ3) is 6.08. The summed E-state index contributed by atoms with van der Waals surface area (Å²) in [6.07, 6.45) is 2.96. The summed E-state index contributed by atoms with van der Waals surface area (Å²) in [5.41, 5.74) is 3.14. The van der Waals surface area contributed by atoms with Crippen LogP contribution in [0.2, 0.25) is 0 Å². The molecule has 0 radical (unpaired) electrons. The van der Waals surface area contributed by atoms with E-state index < -0.39 is 6.10 Å². The van der Waals surface area contributed by atoms with E-state index in [-0.39, 0.29) is 23.9 Å². The van der Waals surface area contributed by atoms with E-state index in [0.717, 1.165) is 16.7 Å². The zero-order valence-electron chi connectivity index (χ0n) is 15.7. The number of esters is 1. The van der Waals surface area contributed by atoms with Crippen molar-refractivity contribution in [1.82, 2.24) is 0 Å². The molecular formula is C22H24O5. The summed E-state index contributed by atoms with van der Waals surface area (Å²) in [6, 6.07) is 9.97. The minimum atomic E-state index is -0.754. The Morgan fingerprint density at radius 2 is 1.70 bits per heavy atom. The number of phenolic OH excluding ortho intramolecular Hbond substituents is 1. The molecule has 0 bridgehead atoms. The highest BCUT2D eigenvalue weighted by Gasteiger charge is 2.10. The Kier molecular flexibility index (Phi) is 6.91. The number of hydrogen-bond acceptors (Lipinski definition) is 5. The summed E-state index contributed by atoms with van der Waals surface area (Å²) in [7, 11) is 0. The van der Waals surface area contributed by atoms with E-state index in [0.29, 0.717) is 17.7 Å². The molecule has 1 unspecified atom stereocenters. The number of aliphatic hydroxyl groups excluding tert-OH is 1. The van der Waals surface area contributed by atoms with Crippen LogP contribution in [0, 0.1) is 13.8 Å². The molecular weight excluding hydrogens is 344 g/mol. The van der Waals surface area contributed by atoms with Gasteiger partial charge in [-0.25, -0.2) is 0 Å². The van der Waals surface area contributed by atoms with Gasteiger partial charge < -0.3 is 14.9 Å². The number of hydrogen-bond donors (Lipinski definition) is 2. The second kappa shape index (κ2) is 9.14. The number of allylic oxidation sites excluding steroid dienone is 1. The molecule has 0 aromatic heterocycles. The van der Waals surface area contributed by atoms with Crippen LogP contribution in [0.15, 0.2) is 42.5 Å². The minimum Gasteiger partial charge on any atom is -0.508 e. The average Bonchev–Trinajstić information content (AvgIpc) is 2.61. The third-order valence-electron chi connectivity index (χ3n) is 4.13. The van der Waals surface area contributed by atoms with Crippen LogP contribution in [0.4, 0.5) is 0 Å².